The van der Waals surface area contributed by atoms with Crippen LogP contribution in [-0.4, -0.2) is 23.0 Å². The maximum Gasteiger partial charge on any atom is 0.232 e. The predicted molar refractivity (Wildman–Crippen MR) is 45.4 cm³/mol. The number of halogens is 1. The second kappa shape index (κ2) is 3.85. The maximum atomic E-state index is 13.3. The van der Waals surface area contributed by atoms with E-state index < -0.39 is 6.30 Å². The summed E-state index contributed by atoms with van der Waals surface area (Å²) in [5, 5.41) is 0. The molecule has 1 atom stereocenters. The molecule has 2 amide bonds. The first-order chi connectivity index (χ1) is 6.02. The van der Waals surface area contributed by atoms with Crippen LogP contribution in [-0.2, 0) is 9.59 Å². The van der Waals surface area contributed by atoms with Gasteiger partial charge in [-0.3, -0.25) is 14.5 Å². The minimum Gasteiger partial charge on any atom is -0.274 e. The summed E-state index contributed by atoms with van der Waals surface area (Å²) in [4.78, 5) is 22.9. The van der Waals surface area contributed by atoms with E-state index in [9.17, 15) is 14.0 Å². The lowest BCUT2D eigenvalue weighted by molar-refractivity contribution is -0.145. The van der Waals surface area contributed by atoms with Crippen molar-refractivity contribution >= 4 is 11.8 Å². The van der Waals surface area contributed by atoms with Gasteiger partial charge in [0.1, 0.15) is 0 Å². The molecule has 74 valence electrons. The van der Waals surface area contributed by atoms with Crippen molar-refractivity contribution < 1.29 is 14.0 Å². The highest BCUT2D eigenvalue weighted by Crippen LogP contribution is 2.20. The Morgan fingerprint density at radius 1 is 1.31 bits per heavy atom. The van der Waals surface area contributed by atoms with Gasteiger partial charge in [-0.15, -0.1) is 0 Å². The van der Waals surface area contributed by atoms with E-state index in [4.69, 9.17) is 0 Å². The summed E-state index contributed by atoms with van der Waals surface area (Å²) in [7, 11) is 0. The topological polar surface area (TPSA) is 37.4 Å². The summed E-state index contributed by atoms with van der Waals surface area (Å²) >= 11 is 0. The molecule has 3 nitrogen and oxygen atoms in total. The molecule has 0 aromatic heterocycles. The van der Waals surface area contributed by atoms with Crippen LogP contribution in [0, 0.1) is 5.92 Å². The highest BCUT2D eigenvalue weighted by atomic mass is 19.1. The fraction of sp³-hybridized carbons (Fsp3) is 0.778. The van der Waals surface area contributed by atoms with E-state index in [-0.39, 0.29) is 37.0 Å². The van der Waals surface area contributed by atoms with Crippen LogP contribution in [0.1, 0.15) is 33.1 Å². The minimum absolute atomic E-state index is 0.149. The zero-order valence-electron chi connectivity index (χ0n) is 7.92. The molecule has 0 N–H and O–H groups in total. The molecule has 1 aliphatic rings. The zero-order valence-corrected chi connectivity index (χ0v) is 7.92. The Bertz CT molecular complexity index is 212. The molecule has 1 rings (SSSR count). The Kier molecular flexibility index (Phi) is 3.01. The van der Waals surface area contributed by atoms with Gasteiger partial charge in [-0.05, 0) is 5.92 Å². The van der Waals surface area contributed by atoms with E-state index in [2.05, 4.69) is 0 Å². The Balaban J connectivity index is 2.59. The van der Waals surface area contributed by atoms with Gasteiger partial charge >= 0.3 is 0 Å². The smallest absolute Gasteiger partial charge is 0.232 e. The van der Waals surface area contributed by atoms with Gasteiger partial charge in [0.15, 0.2) is 6.30 Å². The normalized spacial score (nSPS) is 20.2. The molecule has 1 unspecified atom stereocenters. The number of rotatable bonds is 3. The molecule has 0 aromatic carbocycles. The van der Waals surface area contributed by atoms with E-state index in [1.165, 1.54) is 0 Å². The summed E-state index contributed by atoms with van der Waals surface area (Å²) < 4.78 is 13.3. The predicted octanol–water partition coefficient (Wildman–Crippen LogP) is 1.48. The minimum atomic E-state index is -1.43. The van der Waals surface area contributed by atoms with Crippen molar-refractivity contribution in [2.24, 2.45) is 5.92 Å². The van der Waals surface area contributed by atoms with Crippen molar-refractivity contribution in [3.05, 3.63) is 0 Å². The molecule has 13 heavy (non-hydrogen) atoms. The van der Waals surface area contributed by atoms with Gasteiger partial charge in [0, 0.05) is 19.3 Å². The Hall–Kier alpha value is -0.930. The molecule has 4 heteroatoms. The van der Waals surface area contributed by atoms with E-state index in [0.717, 1.165) is 4.90 Å². The lowest BCUT2D eigenvalue weighted by atomic mass is 10.1. The number of amides is 2. The van der Waals surface area contributed by atoms with Crippen LogP contribution >= 0.6 is 0 Å². The molecule has 1 fully saturated rings. The third-order valence-electron chi connectivity index (χ3n) is 2.04. The number of alkyl halides is 1. The Morgan fingerprint density at radius 3 is 2.15 bits per heavy atom. The number of carbonyl (C=O) groups excluding carboxylic acids is 2. The van der Waals surface area contributed by atoms with Crippen LogP contribution in [0.15, 0.2) is 0 Å². The monoisotopic (exact) mass is 187 g/mol. The van der Waals surface area contributed by atoms with Gasteiger partial charge in [0.2, 0.25) is 11.8 Å². The maximum absolute atomic E-state index is 13.3. The summed E-state index contributed by atoms with van der Waals surface area (Å²) in [6.45, 7) is 3.72. The standard InChI is InChI=1S/C9H14FNO2/c1-6(2)5-7(10)11-8(12)3-4-9(11)13/h6-7H,3-5H2,1-2H3. The summed E-state index contributed by atoms with van der Waals surface area (Å²) in [5.74, 6) is -0.604. The first kappa shape index (κ1) is 10.2. The molecule has 0 radical (unpaired) electrons. The Labute approximate surface area is 76.9 Å². The van der Waals surface area contributed by atoms with Gasteiger partial charge in [-0.1, -0.05) is 13.8 Å². The number of imide groups is 1. The first-order valence-corrected chi connectivity index (χ1v) is 4.51. The SMILES string of the molecule is CC(C)CC(F)N1C(=O)CCC1=O. The summed E-state index contributed by atoms with van der Waals surface area (Å²) in [6, 6.07) is 0. The van der Waals surface area contributed by atoms with E-state index in [0.29, 0.717) is 0 Å². The third-order valence-corrected chi connectivity index (χ3v) is 2.04. The molecular formula is C9H14FNO2. The molecule has 0 aliphatic carbocycles. The van der Waals surface area contributed by atoms with Gasteiger partial charge < -0.3 is 0 Å². The van der Waals surface area contributed by atoms with Crippen LogP contribution < -0.4 is 0 Å². The van der Waals surface area contributed by atoms with Crippen molar-refractivity contribution in [1.82, 2.24) is 4.90 Å². The number of hydrogen-bond donors (Lipinski definition) is 0. The number of carbonyl (C=O) groups is 2. The molecular weight excluding hydrogens is 173 g/mol. The van der Waals surface area contributed by atoms with Gasteiger partial charge in [0.05, 0.1) is 0 Å². The quantitative estimate of drug-likeness (QED) is 0.495. The molecule has 1 aliphatic heterocycles. The molecule has 0 spiro atoms. The van der Waals surface area contributed by atoms with Crippen LogP contribution in [0.3, 0.4) is 0 Å². The highest BCUT2D eigenvalue weighted by molar-refractivity contribution is 6.02. The second-order valence-corrected chi connectivity index (χ2v) is 3.72. The Morgan fingerprint density at radius 2 is 1.77 bits per heavy atom. The van der Waals surface area contributed by atoms with Crippen molar-refractivity contribution in [3.8, 4) is 0 Å². The highest BCUT2D eigenvalue weighted by Gasteiger charge is 2.35. The van der Waals surface area contributed by atoms with Gasteiger partial charge in [0.25, 0.3) is 0 Å². The number of hydrogen-bond acceptors (Lipinski definition) is 2. The summed E-state index contributed by atoms with van der Waals surface area (Å²) in [6.07, 6.45) is -0.867. The first-order valence-electron chi connectivity index (χ1n) is 4.51. The lowest BCUT2D eigenvalue weighted by Gasteiger charge is -2.20. The fourth-order valence-electron chi connectivity index (χ4n) is 1.40. The van der Waals surface area contributed by atoms with Crippen molar-refractivity contribution in [1.29, 1.82) is 0 Å². The average Bonchev–Trinajstić information content (AvgIpc) is 2.29. The lowest BCUT2D eigenvalue weighted by Crippen LogP contribution is -2.37. The molecule has 1 heterocycles. The molecule has 0 saturated carbocycles. The fourth-order valence-corrected chi connectivity index (χ4v) is 1.40. The molecule has 0 bridgehead atoms. The molecule has 0 aromatic rings. The van der Waals surface area contributed by atoms with Gasteiger partial charge in [-0.2, -0.15) is 0 Å². The largest absolute Gasteiger partial charge is 0.274 e. The number of nitrogens with zero attached hydrogens (tertiary/aromatic N) is 1. The van der Waals surface area contributed by atoms with Crippen LogP contribution in [0.4, 0.5) is 4.39 Å². The van der Waals surface area contributed by atoms with Crippen LogP contribution in [0.5, 0.6) is 0 Å². The van der Waals surface area contributed by atoms with Crippen molar-refractivity contribution in [2.75, 3.05) is 0 Å². The van der Waals surface area contributed by atoms with Crippen molar-refractivity contribution in [2.45, 2.75) is 39.4 Å². The van der Waals surface area contributed by atoms with E-state index >= 15 is 0 Å². The zero-order chi connectivity index (χ0) is 10.0. The average molecular weight is 187 g/mol. The van der Waals surface area contributed by atoms with Crippen LogP contribution in [0.25, 0.3) is 0 Å². The summed E-state index contributed by atoms with van der Waals surface area (Å²) in [5.41, 5.74) is 0. The second-order valence-electron chi connectivity index (χ2n) is 3.72. The number of likely N-dealkylation sites (tertiary alicyclic amines) is 1. The van der Waals surface area contributed by atoms with E-state index in [1.54, 1.807) is 0 Å². The third kappa shape index (κ3) is 2.26. The van der Waals surface area contributed by atoms with Crippen molar-refractivity contribution in [3.63, 3.8) is 0 Å². The van der Waals surface area contributed by atoms with Gasteiger partial charge in [-0.25, -0.2) is 4.39 Å². The van der Waals surface area contributed by atoms with E-state index in [1.807, 2.05) is 13.8 Å². The molecule has 1 saturated heterocycles. The van der Waals surface area contributed by atoms with Crippen LogP contribution in [0.2, 0.25) is 0 Å².